The molecule has 180 valence electrons. The summed E-state index contributed by atoms with van der Waals surface area (Å²) in [7, 11) is 0. The zero-order chi connectivity index (χ0) is 24.9. The molecule has 1 aliphatic rings. The Morgan fingerprint density at radius 2 is 1.62 bits per heavy atom. The van der Waals surface area contributed by atoms with Gasteiger partial charge in [0.1, 0.15) is 24.3 Å². The third-order valence-corrected chi connectivity index (χ3v) is 5.20. The molecule has 0 unspecified atom stereocenters. The smallest absolute Gasteiger partial charge is 0.408 e. The molecular formula is C25H29N3O6. The minimum absolute atomic E-state index is 0.00369. The lowest BCUT2D eigenvalue weighted by molar-refractivity contribution is -0.136. The highest BCUT2D eigenvalue weighted by atomic mass is 16.6. The van der Waals surface area contributed by atoms with Crippen molar-refractivity contribution in [3.8, 4) is 11.1 Å². The first-order chi connectivity index (χ1) is 16.0. The summed E-state index contributed by atoms with van der Waals surface area (Å²) >= 11 is 0. The molecule has 3 rings (SSSR count). The van der Waals surface area contributed by atoms with Gasteiger partial charge in [-0.05, 0) is 44.0 Å². The van der Waals surface area contributed by atoms with Crippen molar-refractivity contribution in [2.45, 2.75) is 44.9 Å². The average molecular weight is 468 g/mol. The van der Waals surface area contributed by atoms with Crippen LogP contribution in [0.1, 0.15) is 37.6 Å². The second-order valence-corrected chi connectivity index (χ2v) is 9.03. The Balaban J connectivity index is 1.59. The van der Waals surface area contributed by atoms with Crippen LogP contribution in [-0.2, 0) is 19.1 Å². The number of carbonyl (C=O) groups excluding carboxylic acids is 4. The number of alkyl carbamates (subject to hydrolysis) is 1. The van der Waals surface area contributed by atoms with E-state index in [-0.39, 0.29) is 19.5 Å². The number of benzene rings is 2. The number of esters is 1. The molecule has 2 aromatic rings. The number of nitrogens with two attached hydrogens (primary N) is 1. The van der Waals surface area contributed by atoms with Crippen molar-refractivity contribution in [3.63, 3.8) is 0 Å². The van der Waals surface area contributed by atoms with E-state index in [2.05, 4.69) is 5.32 Å². The molecule has 2 atom stereocenters. The van der Waals surface area contributed by atoms with Gasteiger partial charge in [0.15, 0.2) is 0 Å². The number of hydrogen-bond acceptors (Lipinski definition) is 6. The van der Waals surface area contributed by atoms with E-state index in [1.807, 2.05) is 42.5 Å². The van der Waals surface area contributed by atoms with Crippen LogP contribution >= 0.6 is 0 Å². The van der Waals surface area contributed by atoms with E-state index in [9.17, 15) is 19.2 Å². The van der Waals surface area contributed by atoms with E-state index in [0.29, 0.717) is 5.56 Å². The molecule has 0 saturated carbocycles. The molecule has 3 N–H and O–H groups in total. The van der Waals surface area contributed by atoms with Gasteiger partial charge in [-0.15, -0.1) is 0 Å². The second-order valence-electron chi connectivity index (χ2n) is 9.03. The number of primary amides is 1. The number of amides is 3. The molecule has 1 fully saturated rings. The van der Waals surface area contributed by atoms with Crippen LogP contribution in [0.15, 0.2) is 54.6 Å². The van der Waals surface area contributed by atoms with Crippen LogP contribution in [0.5, 0.6) is 0 Å². The van der Waals surface area contributed by atoms with Crippen molar-refractivity contribution >= 4 is 23.9 Å². The van der Waals surface area contributed by atoms with Crippen LogP contribution in [0.25, 0.3) is 11.1 Å². The third-order valence-electron chi connectivity index (χ3n) is 5.20. The summed E-state index contributed by atoms with van der Waals surface area (Å²) in [6, 6.07) is 15.8. The first-order valence-electron chi connectivity index (χ1n) is 11.0. The molecular weight excluding hydrogens is 438 g/mol. The van der Waals surface area contributed by atoms with Gasteiger partial charge in [0, 0.05) is 6.42 Å². The Morgan fingerprint density at radius 3 is 2.21 bits per heavy atom. The number of nitrogens with one attached hydrogen (secondary N) is 1. The first kappa shape index (κ1) is 24.8. The van der Waals surface area contributed by atoms with Crippen molar-refractivity contribution in [2.24, 2.45) is 5.73 Å². The summed E-state index contributed by atoms with van der Waals surface area (Å²) in [5.74, 6) is -1.80. The van der Waals surface area contributed by atoms with Gasteiger partial charge in [0.05, 0.1) is 12.1 Å². The highest BCUT2D eigenvalue weighted by Crippen LogP contribution is 2.23. The SMILES string of the molecule is CC(C)(C)OC(=O)NCC(=O)N1C[C@H](OC(=O)c2ccc(-c3ccccc3)cc2)C[C@H]1C(N)=O. The Hall–Kier alpha value is -3.88. The zero-order valence-electron chi connectivity index (χ0n) is 19.4. The van der Waals surface area contributed by atoms with Crippen LogP contribution in [0.3, 0.4) is 0 Å². The standard InChI is InChI=1S/C25H29N3O6/c1-25(2,3)34-24(32)27-14-21(29)28-15-19(13-20(28)22(26)30)33-23(31)18-11-9-17(10-12-18)16-7-5-4-6-8-16/h4-12,19-20H,13-15H2,1-3H3,(H2,26,30)(H,27,32)/t19-,20+/m1/s1. The van der Waals surface area contributed by atoms with Crippen LogP contribution < -0.4 is 11.1 Å². The number of likely N-dealkylation sites (tertiary alicyclic amines) is 1. The van der Waals surface area contributed by atoms with Crippen LogP contribution in [0.4, 0.5) is 4.79 Å². The predicted octanol–water partition coefficient (Wildman–Crippen LogP) is 2.49. The summed E-state index contributed by atoms with van der Waals surface area (Å²) in [6.07, 6.45) is -1.37. The fourth-order valence-electron chi connectivity index (χ4n) is 3.64. The number of nitrogens with zero attached hydrogens (tertiary/aromatic N) is 1. The van der Waals surface area contributed by atoms with E-state index < -0.39 is 41.6 Å². The molecule has 2 aromatic carbocycles. The molecule has 9 nitrogen and oxygen atoms in total. The first-order valence-corrected chi connectivity index (χ1v) is 11.0. The molecule has 1 saturated heterocycles. The maximum atomic E-state index is 12.6. The molecule has 0 radical (unpaired) electrons. The average Bonchev–Trinajstić information content (AvgIpc) is 3.21. The van der Waals surface area contributed by atoms with Gasteiger partial charge in [-0.3, -0.25) is 9.59 Å². The van der Waals surface area contributed by atoms with Crippen LogP contribution in [0, 0.1) is 0 Å². The molecule has 1 aliphatic heterocycles. The highest BCUT2D eigenvalue weighted by molar-refractivity contribution is 5.91. The molecule has 9 heteroatoms. The molecule has 0 aliphatic carbocycles. The fourth-order valence-corrected chi connectivity index (χ4v) is 3.64. The van der Waals surface area contributed by atoms with Crippen molar-refractivity contribution in [1.82, 2.24) is 10.2 Å². The monoisotopic (exact) mass is 467 g/mol. The summed E-state index contributed by atoms with van der Waals surface area (Å²) in [5, 5.41) is 2.36. The second kappa shape index (κ2) is 10.4. The maximum absolute atomic E-state index is 12.6. The van der Waals surface area contributed by atoms with Gasteiger partial charge in [-0.1, -0.05) is 42.5 Å². The van der Waals surface area contributed by atoms with Gasteiger partial charge in [-0.2, -0.15) is 0 Å². The van der Waals surface area contributed by atoms with Gasteiger partial charge >= 0.3 is 12.1 Å². The number of carbonyl (C=O) groups is 4. The Bertz CT molecular complexity index is 1050. The van der Waals surface area contributed by atoms with Gasteiger partial charge in [0.25, 0.3) is 0 Å². The van der Waals surface area contributed by atoms with E-state index in [0.717, 1.165) is 11.1 Å². The topological polar surface area (TPSA) is 128 Å². The minimum atomic E-state index is -0.939. The maximum Gasteiger partial charge on any atom is 0.408 e. The summed E-state index contributed by atoms with van der Waals surface area (Å²) in [6.45, 7) is 4.72. The molecule has 3 amide bonds. The van der Waals surface area contributed by atoms with Crippen molar-refractivity contribution < 1.29 is 28.7 Å². The lowest BCUT2D eigenvalue weighted by Gasteiger charge is -2.23. The molecule has 0 aromatic heterocycles. The Labute approximate surface area is 198 Å². The molecule has 0 bridgehead atoms. The number of ether oxygens (including phenoxy) is 2. The normalized spacial score (nSPS) is 17.7. The number of hydrogen-bond donors (Lipinski definition) is 2. The lowest BCUT2D eigenvalue weighted by atomic mass is 10.0. The highest BCUT2D eigenvalue weighted by Gasteiger charge is 2.40. The van der Waals surface area contributed by atoms with Gasteiger partial charge in [0.2, 0.25) is 11.8 Å². The fraction of sp³-hybridized carbons (Fsp3) is 0.360. The van der Waals surface area contributed by atoms with E-state index in [4.69, 9.17) is 15.2 Å². The zero-order valence-corrected chi connectivity index (χ0v) is 19.4. The quantitative estimate of drug-likeness (QED) is 0.628. The number of rotatable bonds is 6. The van der Waals surface area contributed by atoms with E-state index in [1.54, 1.807) is 32.9 Å². The minimum Gasteiger partial charge on any atom is -0.457 e. The van der Waals surface area contributed by atoms with Gasteiger partial charge in [-0.25, -0.2) is 9.59 Å². The van der Waals surface area contributed by atoms with Crippen LogP contribution in [0.2, 0.25) is 0 Å². The largest absolute Gasteiger partial charge is 0.457 e. The molecule has 1 heterocycles. The third kappa shape index (κ3) is 6.57. The van der Waals surface area contributed by atoms with E-state index in [1.165, 1.54) is 4.90 Å². The van der Waals surface area contributed by atoms with Crippen molar-refractivity contribution in [1.29, 1.82) is 0 Å². The Morgan fingerprint density at radius 1 is 1.00 bits per heavy atom. The van der Waals surface area contributed by atoms with Crippen molar-refractivity contribution in [3.05, 3.63) is 60.2 Å². The van der Waals surface area contributed by atoms with Gasteiger partial charge < -0.3 is 25.4 Å². The van der Waals surface area contributed by atoms with Crippen LogP contribution in [-0.4, -0.2) is 59.6 Å². The van der Waals surface area contributed by atoms with Crippen molar-refractivity contribution in [2.75, 3.05) is 13.1 Å². The summed E-state index contributed by atoms with van der Waals surface area (Å²) < 4.78 is 10.6. The molecule has 34 heavy (non-hydrogen) atoms. The Kier molecular flexibility index (Phi) is 7.55. The van der Waals surface area contributed by atoms with E-state index >= 15 is 0 Å². The molecule has 0 spiro atoms. The summed E-state index contributed by atoms with van der Waals surface area (Å²) in [4.78, 5) is 50.2. The predicted molar refractivity (Wildman–Crippen MR) is 125 cm³/mol. The summed E-state index contributed by atoms with van der Waals surface area (Å²) in [5.41, 5.74) is 7.08. The lowest BCUT2D eigenvalue weighted by Crippen LogP contribution is -2.48.